The Kier molecular flexibility index (Phi) is 3.14. The molecule has 17 heavy (non-hydrogen) atoms. The third kappa shape index (κ3) is 2.65. The largest absolute Gasteiger partial charge is 0.396 e. The molecule has 6 heteroatoms. The molecule has 1 heterocycles. The summed E-state index contributed by atoms with van der Waals surface area (Å²) in [6, 6.07) is 7.93. The molecular weight excluding hydrogens is 287 g/mol. The van der Waals surface area contributed by atoms with E-state index < -0.39 is 0 Å². The van der Waals surface area contributed by atoms with Crippen molar-refractivity contribution in [2.75, 3.05) is 16.8 Å². The Bertz CT molecular complexity index is 510. The minimum atomic E-state index is -0.319. The van der Waals surface area contributed by atoms with Gasteiger partial charge in [0.1, 0.15) is 17.5 Å². The maximum atomic E-state index is 13.0. The first kappa shape index (κ1) is 11.7. The van der Waals surface area contributed by atoms with Gasteiger partial charge >= 0.3 is 0 Å². The number of aromatic nitrogens is 1. The number of halogens is 2. The van der Waals surface area contributed by atoms with E-state index in [1.54, 1.807) is 24.3 Å². The number of hydrogen-bond acceptors (Lipinski definition) is 4. The van der Waals surface area contributed by atoms with Gasteiger partial charge in [-0.05, 0) is 46.3 Å². The minimum Gasteiger partial charge on any atom is -0.396 e. The molecule has 0 atom stereocenters. The number of anilines is 4. The number of benzene rings is 1. The van der Waals surface area contributed by atoms with Crippen LogP contribution in [0.3, 0.4) is 0 Å². The minimum absolute atomic E-state index is 0.260. The van der Waals surface area contributed by atoms with Crippen molar-refractivity contribution >= 4 is 38.9 Å². The maximum absolute atomic E-state index is 13.0. The lowest BCUT2D eigenvalue weighted by atomic mass is 10.3. The lowest BCUT2D eigenvalue weighted by Gasteiger charge is -2.08. The molecule has 0 aliphatic rings. The van der Waals surface area contributed by atoms with Crippen LogP contribution in [0, 0.1) is 5.82 Å². The van der Waals surface area contributed by atoms with Crippen LogP contribution in [0.15, 0.2) is 34.8 Å². The van der Waals surface area contributed by atoms with Crippen molar-refractivity contribution in [2.45, 2.75) is 0 Å². The predicted molar refractivity (Wildman–Crippen MR) is 70.4 cm³/mol. The van der Waals surface area contributed by atoms with Gasteiger partial charge in [-0.2, -0.15) is 0 Å². The highest BCUT2D eigenvalue weighted by atomic mass is 79.9. The fraction of sp³-hybridized carbons (Fsp3) is 0. The van der Waals surface area contributed by atoms with Crippen LogP contribution in [0.4, 0.5) is 27.4 Å². The zero-order valence-corrected chi connectivity index (χ0v) is 10.3. The summed E-state index contributed by atoms with van der Waals surface area (Å²) in [4.78, 5) is 4.05. The van der Waals surface area contributed by atoms with Crippen LogP contribution < -0.4 is 16.8 Å². The van der Waals surface area contributed by atoms with Gasteiger partial charge in [0.2, 0.25) is 0 Å². The molecule has 5 N–H and O–H groups in total. The predicted octanol–water partition coefficient (Wildman–Crippen LogP) is 2.89. The van der Waals surface area contributed by atoms with Gasteiger partial charge in [-0.25, -0.2) is 9.37 Å². The molecule has 88 valence electrons. The van der Waals surface area contributed by atoms with Gasteiger partial charge in [0.05, 0.1) is 10.2 Å². The van der Waals surface area contributed by atoms with Gasteiger partial charge in [0, 0.05) is 5.69 Å². The first-order chi connectivity index (χ1) is 8.06. The average Bonchev–Trinajstić information content (AvgIpc) is 2.29. The van der Waals surface area contributed by atoms with Crippen LogP contribution in [0.25, 0.3) is 0 Å². The molecule has 0 unspecified atom stereocenters. The van der Waals surface area contributed by atoms with Gasteiger partial charge in [-0.15, -0.1) is 0 Å². The number of hydrogen-bond donors (Lipinski definition) is 3. The van der Waals surface area contributed by atoms with Gasteiger partial charge in [0.15, 0.2) is 0 Å². The van der Waals surface area contributed by atoms with Gasteiger partial charge in [0.25, 0.3) is 0 Å². The molecule has 2 rings (SSSR count). The van der Waals surface area contributed by atoms with E-state index in [1.807, 2.05) is 0 Å². The highest BCUT2D eigenvalue weighted by Crippen LogP contribution is 2.23. The molecule has 0 spiro atoms. The lowest BCUT2D eigenvalue weighted by molar-refractivity contribution is 0.621. The normalized spacial score (nSPS) is 10.2. The van der Waals surface area contributed by atoms with E-state index in [0.717, 1.165) is 0 Å². The van der Waals surface area contributed by atoms with Gasteiger partial charge in [-0.1, -0.05) is 0 Å². The molecule has 2 aromatic rings. The van der Waals surface area contributed by atoms with Crippen molar-refractivity contribution in [3.63, 3.8) is 0 Å². The zero-order valence-electron chi connectivity index (χ0n) is 8.74. The molecule has 0 saturated heterocycles. The van der Waals surface area contributed by atoms with E-state index in [2.05, 4.69) is 26.2 Å². The number of nitrogens with one attached hydrogen (secondary N) is 1. The lowest BCUT2D eigenvalue weighted by Crippen LogP contribution is -2.01. The first-order valence-corrected chi connectivity index (χ1v) is 5.59. The quantitative estimate of drug-likeness (QED) is 0.796. The third-order valence-corrected chi connectivity index (χ3v) is 2.76. The Morgan fingerprint density at radius 3 is 2.59 bits per heavy atom. The molecule has 1 aromatic carbocycles. The summed E-state index contributed by atoms with van der Waals surface area (Å²) in [6.07, 6.45) is 0. The molecule has 0 aliphatic carbocycles. The van der Waals surface area contributed by atoms with Crippen molar-refractivity contribution < 1.29 is 4.39 Å². The zero-order chi connectivity index (χ0) is 12.4. The Balaban J connectivity index is 2.25. The highest BCUT2D eigenvalue weighted by molar-refractivity contribution is 9.10. The molecule has 0 radical (unpaired) electrons. The molecule has 0 aliphatic heterocycles. The second-order valence-corrected chi connectivity index (χ2v) is 4.28. The molecule has 0 saturated carbocycles. The number of nitrogens with zero attached hydrogens (tertiary/aromatic N) is 1. The Labute approximate surface area is 106 Å². The first-order valence-electron chi connectivity index (χ1n) is 4.80. The topological polar surface area (TPSA) is 77.0 Å². The number of rotatable bonds is 2. The van der Waals surface area contributed by atoms with Crippen molar-refractivity contribution in [3.8, 4) is 0 Å². The summed E-state index contributed by atoms with van der Waals surface area (Å²) in [5, 5.41) is 3.00. The van der Waals surface area contributed by atoms with Crippen molar-refractivity contribution in [1.82, 2.24) is 4.98 Å². The van der Waals surface area contributed by atoms with Crippen LogP contribution in [-0.4, -0.2) is 4.98 Å². The fourth-order valence-corrected chi connectivity index (χ4v) is 1.66. The molecule has 0 fully saturated rings. The summed E-state index contributed by atoms with van der Waals surface area (Å²) in [7, 11) is 0. The summed E-state index contributed by atoms with van der Waals surface area (Å²) in [5.74, 6) is 0.492. The maximum Gasteiger partial charge on any atom is 0.149 e. The molecule has 0 amide bonds. The van der Waals surface area contributed by atoms with E-state index in [4.69, 9.17) is 11.5 Å². The smallest absolute Gasteiger partial charge is 0.149 e. The summed E-state index contributed by atoms with van der Waals surface area (Å²) >= 11 is 3.11. The standard InChI is InChI=1S/C11H10BrFN4/c12-7-5-6(1-2-8(7)13)16-10-4-3-9(14)11(15)17-10/h1-5H,14H2,(H3,15,16,17). The average molecular weight is 297 g/mol. The number of nitrogen functional groups attached to an aromatic ring is 2. The molecule has 4 nitrogen and oxygen atoms in total. The Morgan fingerprint density at radius 2 is 1.94 bits per heavy atom. The van der Waals surface area contributed by atoms with E-state index in [1.165, 1.54) is 6.07 Å². The van der Waals surface area contributed by atoms with Crippen molar-refractivity contribution in [3.05, 3.63) is 40.6 Å². The van der Waals surface area contributed by atoms with Gasteiger partial charge < -0.3 is 16.8 Å². The Morgan fingerprint density at radius 1 is 1.18 bits per heavy atom. The van der Waals surface area contributed by atoms with E-state index in [9.17, 15) is 4.39 Å². The second-order valence-electron chi connectivity index (χ2n) is 3.42. The van der Waals surface area contributed by atoms with Crippen LogP contribution in [0.1, 0.15) is 0 Å². The molecule has 0 bridgehead atoms. The van der Waals surface area contributed by atoms with E-state index in [-0.39, 0.29) is 11.6 Å². The molecular formula is C11H10BrFN4. The monoisotopic (exact) mass is 296 g/mol. The Hall–Kier alpha value is -1.82. The van der Waals surface area contributed by atoms with Gasteiger partial charge in [-0.3, -0.25) is 0 Å². The van der Waals surface area contributed by atoms with Crippen LogP contribution in [0.5, 0.6) is 0 Å². The number of nitrogens with two attached hydrogens (primary N) is 2. The van der Waals surface area contributed by atoms with Crippen molar-refractivity contribution in [2.24, 2.45) is 0 Å². The van der Waals surface area contributed by atoms with E-state index >= 15 is 0 Å². The summed E-state index contributed by atoms with van der Waals surface area (Å²) in [6.45, 7) is 0. The molecule has 1 aromatic heterocycles. The third-order valence-electron chi connectivity index (χ3n) is 2.15. The van der Waals surface area contributed by atoms with Crippen LogP contribution >= 0.6 is 15.9 Å². The fourth-order valence-electron chi connectivity index (χ4n) is 1.28. The van der Waals surface area contributed by atoms with Crippen molar-refractivity contribution in [1.29, 1.82) is 0 Å². The van der Waals surface area contributed by atoms with Crippen LogP contribution in [0.2, 0.25) is 0 Å². The summed E-state index contributed by atoms with van der Waals surface area (Å²) in [5.41, 5.74) is 12.3. The second kappa shape index (κ2) is 4.58. The SMILES string of the molecule is Nc1ccc(Nc2ccc(F)c(Br)c2)nc1N. The van der Waals surface area contributed by atoms with Crippen LogP contribution in [-0.2, 0) is 0 Å². The highest BCUT2D eigenvalue weighted by Gasteiger charge is 2.03. The van der Waals surface area contributed by atoms with E-state index in [0.29, 0.717) is 21.7 Å². The summed E-state index contributed by atoms with van der Waals surface area (Å²) < 4.78 is 13.4. The number of pyridine rings is 1.